The second-order valence-electron chi connectivity index (χ2n) is 5.05. The standard InChI is InChI=1S/C12H16N4O2S/c1-8-4-5-10-11(14-8)16(12(13)15-10)9-3-2-6-19(17,18)7-9/h4-5,9H,2-3,6-7H2,1H3,(H2,13,15). The van der Waals surface area contributed by atoms with Crippen molar-refractivity contribution < 1.29 is 8.42 Å². The lowest BCUT2D eigenvalue weighted by Crippen LogP contribution is -2.28. The van der Waals surface area contributed by atoms with Gasteiger partial charge in [-0.05, 0) is 31.9 Å². The van der Waals surface area contributed by atoms with Crippen molar-refractivity contribution in [1.29, 1.82) is 0 Å². The first-order valence-electron chi connectivity index (χ1n) is 6.28. The van der Waals surface area contributed by atoms with E-state index in [0.717, 1.165) is 12.1 Å². The summed E-state index contributed by atoms with van der Waals surface area (Å²) in [6.07, 6.45) is 1.46. The summed E-state index contributed by atoms with van der Waals surface area (Å²) < 4.78 is 25.3. The first kappa shape index (κ1) is 12.4. The molecule has 1 fully saturated rings. The lowest BCUT2D eigenvalue weighted by molar-refractivity contribution is 0.481. The van der Waals surface area contributed by atoms with Crippen LogP contribution in [0.5, 0.6) is 0 Å². The van der Waals surface area contributed by atoms with Gasteiger partial charge in [0.15, 0.2) is 15.5 Å². The molecule has 1 aliphatic heterocycles. The van der Waals surface area contributed by atoms with E-state index in [1.165, 1.54) is 0 Å². The molecule has 6 nitrogen and oxygen atoms in total. The Labute approximate surface area is 111 Å². The van der Waals surface area contributed by atoms with Gasteiger partial charge in [-0.15, -0.1) is 0 Å². The summed E-state index contributed by atoms with van der Waals surface area (Å²) >= 11 is 0. The lowest BCUT2D eigenvalue weighted by Gasteiger charge is -2.24. The molecule has 0 radical (unpaired) electrons. The van der Waals surface area contributed by atoms with Gasteiger partial charge in [0.05, 0.1) is 17.5 Å². The summed E-state index contributed by atoms with van der Waals surface area (Å²) in [6.45, 7) is 1.89. The summed E-state index contributed by atoms with van der Waals surface area (Å²) in [5, 5.41) is 0. The van der Waals surface area contributed by atoms with E-state index in [4.69, 9.17) is 5.73 Å². The van der Waals surface area contributed by atoms with Crippen molar-refractivity contribution in [3.8, 4) is 0 Å². The fourth-order valence-electron chi connectivity index (χ4n) is 2.65. The second-order valence-corrected chi connectivity index (χ2v) is 7.27. The number of pyridine rings is 1. The third kappa shape index (κ3) is 2.18. The van der Waals surface area contributed by atoms with Crippen LogP contribution in [0.1, 0.15) is 24.6 Å². The van der Waals surface area contributed by atoms with Crippen LogP contribution in [0.4, 0.5) is 5.95 Å². The van der Waals surface area contributed by atoms with Gasteiger partial charge in [0, 0.05) is 5.69 Å². The largest absolute Gasteiger partial charge is 0.369 e. The van der Waals surface area contributed by atoms with E-state index >= 15 is 0 Å². The molecule has 2 N–H and O–H groups in total. The van der Waals surface area contributed by atoms with Crippen molar-refractivity contribution in [3.63, 3.8) is 0 Å². The first-order chi connectivity index (χ1) is 8.96. The van der Waals surface area contributed by atoms with Crippen LogP contribution in [0.3, 0.4) is 0 Å². The molecule has 3 rings (SSSR count). The van der Waals surface area contributed by atoms with E-state index in [-0.39, 0.29) is 17.5 Å². The molecule has 102 valence electrons. The number of hydrogen-bond acceptors (Lipinski definition) is 5. The number of aromatic nitrogens is 3. The normalized spacial score (nSPS) is 22.7. The molecular formula is C12H16N4O2S. The number of nitrogens with zero attached hydrogens (tertiary/aromatic N) is 3. The van der Waals surface area contributed by atoms with E-state index in [9.17, 15) is 8.42 Å². The molecule has 2 aromatic heterocycles. The minimum absolute atomic E-state index is 0.123. The second kappa shape index (κ2) is 4.19. The summed E-state index contributed by atoms with van der Waals surface area (Å²) in [4.78, 5) is 8.71. The lowest BCUT2D eigenvalue weighted by atomic mass is 10.2. The zero-order valence-corrected chi connectivity index (χ0v) is 11.5. The topological polar surface area (TPSA) is 90.9 Å². The van der Waals surface area contributed by atoms with Crippen molar-refractivity contribution in [2.45, 2.75) is 25.8 Å². The van der Waals surface area contributed by atoms with E-state index in [0.29, 0.717) is 23.5 Å². The maximum Gasteiger partial charge on any atom is 0.202 e. The third-order valence-corrected chi connectivity index (χ3v) is 5.31. The smallest absolute Gasteiger partial charge is 0.202 e. The molecule has 1 atom stereocenters. The van der Waals surface area contributed by atoms with Gasteiger partial charge >= 0.3 is 0 Å². The molecule has 0 amide bonds. The molecule has 0 saturated carbocycles. The van der Waals surface area contributed by atoms with Gasteiger partial charge in [0.1, 0.15) is 5.52 Å². The molecule has 1 unspecified atom stereocenters. The van der Waals surface area contributed by atoms with Crippen LogP contribution in [-0.2, 0) is 9.84 Å². The molecule has 7 heteroatoms. The van der Waals surface area contributed by atoms with Gasteiger partial charge in [-0.25, -0.2) is 18.4 Å². The molecule has 3 heterocycles. The van der Waals surface area contributed by atoms with E-state index in [1.807, 2.05) is 19.1 Å². The monoisotopic (exact) mass is 280 g/mol. The summed E-state index contributed by atoms with van der Waals surface area (Å²) in [6, 6.07) is 3.58. The maximum atomic E-state index is 11.8. The van der Waals surface area contributed by atoms with Crippen LogP contribution in [0.25, 0.3) is 11.2 Å². The van der Waals surface area contributed by atoms with Crippen LogP contribution in [0.15, 0.2) is 12.1 Å². The van der Waals surface area contributed by atoms with Crippen LogP contribution >= 0.6 is 0 Å². The zero-order chi connectivity index (χ0) is 13.6. The Hall–Kier alpha value is -1.63. The average molecular weight is 280 g/mol. The van der Waals surface area contributed by atoms with Crippen LogP contribution < -0.4 is 5.73 Å². The highest BCUT2D eigenvalue weighted by Gasteiger charge is 2.28. The molecule has 19 heavy (non-hydrogen) atoms. The number of nitrogens with two attached hydrogens (primary N) is 1. The maximum absolute atomic E-state index is 11.8. The zero-order valence-electron chi connectivity index (χ0n) is 10.7. The molecule has 1 aliphatic rings. The fourth-order valence-corrected chi connectivity index (χ4v) is 4.32. The number of anilines is 1. The SMILES string of the molecule is Cc1ccc2nc(N)n(C3CCCS(=O)(=O)C3)c2n1. The molecule has 0 bridgehead atoms. The first-order valence-corrected chi connectivity index (χ1v) is 8.10. The van der Waals surface area contributed by atoms with E-state index < -0.39 is 9.84 Å². The highest BCUT2D eigenvalue weighted by Crippen LogP contribution is 2.29. The molecule has 0 aromatic carbocycles. The number of hydrogen-bond donors (Lipinski definition) is 1. The predicted octanol–water partition coefficient (Wildman–Crippen LogP) is 1.07. The van der Waals surface area contributed by atoms with Crippen molar-refractivity contribution in [2.24, 2.45) is 0 Å². The third-order valence-electron chi connectivity index (χ3n) is 3.51. The number of sulfone groups is 1. The van der Waals surface area contributed by atoms with Gasteiger partial charge in [-0.1, -0.05) is 0 Å². The number of imidazole rings is 1. The quantitative estimate of drug-likeness (QED) is 0.843. The number of nitrogen functional groups attached to an aromatic ring is 1. The van der Waals surface area contributed by atoms with E-state index in [1.54, 1.807) is 4.57 Å². The molecular weight excluding hydrogens is 264 g/mol. The van der Waals surface area contributed by atoms with E-state index in [2.05, 4.69) is 9.97 Å². The highest BCUT2D eigenvalue weighted by atomic mass is 32.2. The average Bonchev–Trinajstić information content (AvgIpc) is 2.63. The fraction of sp³-hybridized carbons (Fsp3) is 0.500. The summed E-state index contributed by atoms with van der Waals surface area (Å²) in [7, 11) is -2.99. The molecule has 2 aromatic rings. The Morgan fingerprint density at radius 3 is 2.89 bits per heavy atom. The van der Waals surface area contributed by atoms with Gasteiger partial charge in [0.25, 0.3) is 0 Å². The van der Waals surface area contributed by atoms with Crippen molar-refractivity contribution in [2.75, 3.05) is 17.2 Å². The van der Waals surface area contributed by atoms with Gasteiger partial charge < -0.3 is 5.73 Å². The summed E-state index contributed by atoms with van der Waals surface area (Å²) in [5.74, 6) is 0.732. The molecule has 0 spiro atoms. The Balaban J connectivity index is 2.14. The Kier molecular flexibility index (Phi) is 2.74. The minimum atomic E-state index is -2.99. The molecule has 1 saturated heterocycles. The van der Waals surface area contributed by atoms with Crippen molar-refractivity contribution >= 4 is 26.9 Å². The number of rotatable bonds is 1. The summed E-state index contributed by atoms with van der Waals surface area (Å²) in [5.41, 5.74) is 8.20. The van der Waals surface area contributed by atoms with Crippen LogP contribution in [0, 0.1) is 6.92 Å². The van der Waals surface area contributed by atoms with Crippen LogP contribution in [-0.4, -0.2) is 34.5 Å². The van der Waals surface area contributed by atoms with Gasteiger partial charge in [-0.2, -0.15) is 0 Å². The Morgan fingerprint density at radius 1 is 1.37 bits per heavy atom. The van der Waals surface area contributed by atoms with Crippen molar-refractivity contribution in [1.82, 2.24) is 14.5 Å². The molecule has 0 aliphatic carbocycles. The highest BCUT2D eigenvalue weighted by molar-refractivity contribution is 7.91. The van der Waals surface area contributed by atoms with Crippen LogP contribution in [0.2, 0.25) is 0 Å². The van der Waals surface area contributed by atoms with Gasteiger partial charge in [-0.3, -0.25) is 4.57 Å². The van der Waals surface area contributed by atoms with Crippen molar-refractivity contribution in [3.05, 3.63) is 17.8 Å². The minimum Gasteiger partial charge on any atom is -0.369 e. The predicted molar refractivity (Wildman–Crippen MR) is 73.6 cm³/mol. The Morgan fingerprint density at radius 2 is 2.16 bits per heavy atom. The Bertz CT molecular complexity index is 736. The number of aryl methyl sites for hydroxylation is 1. The number of fused-ring (bicyclic) bond motifs is 1. The van der Waals surface area contributed by atoms with Gasteiger partial charge in [0.2, 0.25) is 5.95 Å².